The van der Waals surface area contributed by atoms with Crippen molar-refractivity contribution in [3.05, 3.63) is 71.8 Å². The number of sulfonamides is 1. The Morgan fingerprint density at radius 3 is 2.11 bits per heavy atom. The van der Waals surface area contributed by atoms with Gasteiger partial charge in [-0.05, 0) is 17.5 Å². The first kappa shape index (κ1) is 20.5. The van der Waals surface area contributed by atoms with Gasteiger partial charge in [0.2, 0.25) is 15.9 Å². The van der Waals surface area contributed by atoms with Crippen LogP contribution < -0.4 is 5.32 Å². The second-order valence-electron chi connectivity index (χ2n) is 7.08. The Balaban J connectivity index is 1.60. The van der Waals surface area contributed by atoms with Gasteiger partial charge in [-0.25, -0.2) is 8.42 Å². The molecule has 28 heavy (non-hydrogen) atoms. The molecule has 1 fully saturated rings. The van der Waals surface area contributed by atoms with E-state index in [2.05, 4.69) is 29.6 Å². The molecule has 1 unspecified atom stereocenters. The minimum absolute atomic E-state index is 0.00199. The lowest BCUT2D eigenvalue weighted by atomic mass is 9.99. The molecule has 2 aromatic carbocycles. The van der Waals surface area contributed by atoms with Crippen molar-refractivity contribution in [2.75, 3.05) is 39.0 Å². The number of piperazine rings is 1. The van der Waals surface area contributed by atoms with Gasteiger partial charge >= 0.3 is 0 Å². The summed E-state index contributed by atoms with van der Waals surface area (Å²) in [6.07, 6.45) is 2.00. The number of benzene rings is 2. The summed E-state index contributed by atoms with van der Waals surface area (Å²) in [5, 5.41) is 3.40. The van der Waals surface area contributed by atoms with Crippen LogP contribution in [-0.4, -0.2) is 62.5 Å². The highest BCUT2D eigenvalue weighted by Gasteiger charge is 2.26. The van der Waals surface area contributed by atoms with Crippen molar-refractivity contribution in [1.29, 1.82) is 0 Å². The quantitative estimate of drug-likeness (QED) is 0.766. The molecule has 150 valence electrons. The summed E-state index contributed by atoms with van der Waals surface area (Å²) in [6.45, 7) is 1.81. The summed E-state index contributed by atoms with van der Waals surface area (Å²) in [4.78, 5) is 14.4. The molecule has 0 radical (unpaired) electrons. The number of rotatable bonds is 7. The topological polar surface area (TPSA) is 69.7 Å². The van der Waals surface area contributed by atoms with Gasteiger partial charge in [0.15, 0.2) is 0 Å². The average Bonchev–Trinajstić information content (AvgIpc) is 2.71. The predicted octanol–water partition coefficient (Wildman–Crippen LogP) is 1.66. The van der Waals surface area contributed by atoms with Crippen LogP contribution in [0.2, 0.25) is 0 Å². The van der Waals surface area contributed by atoms with Gasteiger partial charge in [-0.15, -0.1) is 0 Å². The summed E-state index contributed by atoms with van der Waals surface area (Å²) in [5.41, 5.74) is 2.35. The van der Waals surface area contributed by atoms with E-state index >= 15 is 0 Å². The van der Waals surface area contributed by atoms with E-state index in [4.69, 9.17) is 0 Å². The highest BCUT2D eigenvalue weighted by Crippen LogP contribution is 2.18. The van der Waals surface area contributed by atoms with Crippen molar-refractivity contribution in [1.82, 2.24) is 14.5 Å². The fourth-order valence-corrected chi connectivity index (χ4v) is 4.26. The van der Waals surface area contributed by atoms with E-state index in [1.165, 1.54) is 16.1 Å². The Bertz CT molecular complexity index is 864. The maximum Gasteiger partial charge on any atom is 0.236 e. The van der Waals surface area contributed by atoms with E-state index in [1.807, 2.05) is 36.4 Å². The van der Waals surface area contributed by atoms with Crippen LogP contribution in [0.5, 0.6) is 0 Å². The largest absolute Gasteiger partial charge is 0.339 e. The van der Waals surface area contributed by atoms with Crippen molar-refractivity contribution in [2.24, 2.45) is 0 Å². The molecular formula is C21H27N3O3S. The molecule has 0 aliphatic carbocycles. The number of nitrogens with zero attached hydrogens (tertiary/aromatic N) is 2. The van der Waals surface area contributed by atoms with Crippen molar-refractivity contribution >= 4 is 15.9 Å². The zero-order valence-corrected chi connectivity index (χ0v) is 16.9. The summed E-state index contributed by atoms with van der Waals surface area (Å²) in [6, 6.07) is 20.4. The van der Waals surface area contributed by atoms with Gasteiger partial charge < -0.3 is 10.2 Å². The lowest BCUT2D eigenvalue weighted by molar-refractivity contribution is -0.131. The maximum absolute atomic E-state index is 12.6. The van der Waals surface area contributed by atoms with Crippen molar-refractivity contribution in [2.45, 2.75) is 12.5 Å². The van der Waals surface area contributed by atoms with E-state index in [1.54, 1.807) is 4.90 Å². The van der Waals surface area contributed by atoms with Gasteiger partial charge in [0, 0.05) is 32.2 Å². The normalized spacial score (nSPS) is 16.7. The first-order valence-corrected chi connectivity index (χ1v) is 11.3. The third-order valence-corrected chi connectivity index (χ3v) is 6.35. The van der Waals surface area contributed by atoms with E-state index in [9.17, 15) is 13.2 Å². The fourth-order valence-electron chi connectivity index (χ4n) is 3.43. The molecule has 1 saturated heterocycles. The van der Waals surface area contributed by atoms with Gasteiger partial charge in [0.05, 0.1) is 12.8 Å². The van der Waals surface area contributed by atoms with Crippen molar-refractivity contribution in [3.8, 4) is 0 Å². The zero-order chi connectivity index (χ0) is 20.0. The molecule has 1 N–H and O–H groups in total. The second kappa shape index (κ2) is 9.32. The molecule has 6 nitrogen and oxygen atoms in total. The molecule has 1 atom stereocenters. The molecule has 0 bridgehead atoms. The van der Waals surface area contributed by atoms with Gasteiger partial charge in [0.25, 0.3) is 0 Å². The molecule has 7 heteroatoms. The average molecular weight is 402 g/mol. The summed E-state index contributed by atoms with van der Waals surface area (Å²) in [7, 11) is -3.19. The SMILES string of the molecule is CS(=O)(=O)N1CCN(C(=O)CNC(Cc2ccccc2)c2ccccc2)CC1. The molecule has 0 spiro atoms. The van der Waals surface area contributed by atoms with Gasteiger partial charge in [-0.1, -0.05) is 60.7 Å². The number of amides is 1. The Kier molecular flexibility index (Phi) is 6.83. The number of carbonyl (C=O) groups is 1. The molecule has 1 amide bonds. The molecule has 0 aromatic heterocycles. The summed E-state index contributed by atoms with van der Waals surface area (Å²) in [5.74, 6) is 0.00199. The van der Waals surface area contributed by atoms with Gasteiger partial charge in [0.1, 0.15) is 0 Å². The number of hydrogen-bond donors (Lipinski definition) is 1. The van der Waals surface area contributed by atoms with Crippen LogP contribution in [0.25, 0.3) is 0 Å². The molecule has 0 saturated carbocycles. The van der Waals surface area contributed by atoms with Gasteiger partial charge in [-0.3, -0.25) is 4.79 Å². The maximum atomic E-state index is 12.6. The number of hydrogen-bond acceptors (Lipinski definition) is 4. The van der Waals surface area contributed by atoms with Crippen LogP contribution >= 0.6 is 0 Å². The predicted molar refractivity (Wildman–Crippen MR) is 110 cm³/mol. The lowest BCUT2D eigenvalue weighted by Crippen LogP contribution is -2.52. The third-order valence-electron chi connectivity index (χ3n) is 5.04. The van der Waals surface area contributed by atoms with E-state index in [0.717, 1.165) is 12.0 Å². The van der Waals surface area contributed by atoms with Crippen LogP contribution in [-0.2, 0) is 21.2 Å². The molecule has 1 heterocycles. The summed E-state index contributed by atoms with van der Waals surface area (Å²) < 4.78 is 24.7. The second-order valence-corrected chi connectivity index (χ2v) is 9.06. The summed E-state index contributed by atoms with van der Waals surface area (Å²) >= 11 is 0. The van der Waals surface area contributed by atoms with Crippen molar-refractivity contribution < 1.29 is 13.2 Å². The first-order valence-electron chi connectivity index (χ1n) is 9.48. The third kappa shape index (κ3) is 5.64. The number of nitrogens with one attached hydrogen (secondary N) is 1. The molecule has 1 aliphatic rings. The zero-order valence-electron chi connectivity index (χ0n) is 16.1. The van der Waals surface area contributed by atoms with Crippen molar-refractivity contribution in [3.63, 3.8) is 0 Å². The highest BCUT2D eigenvalue weighted by atomic mass is 32.2. The Morgan fingerprint density at radius 1 is 0.964 bits per heavy atom. The molecule has 3 rings (SSSR count). The minimum atomic E-state index is -3.19. The van der Waals surface area contributed by atoms with Gasteiger partial charge in [-0.2, -0.15) is 4.31 Å². The number of carbonyl (C=O) groups excluding carboxylic acids is 1. The van der Waals surface area contributed by atoms with Crippen LogP contribution in [0.3, 0.4) is 0 Å². The molecule has 1 aliphatic heterocycles. The van der Waals surface area contributed by atoms with E-state index in [-0.39, 0.29) is 18.5 Å². The Morgan fingerprint density at radius 2 is 1.54 bits per heavy atom. The van der Waals surface area contributed by atoms with Crippen LogP contribution in [0.4, 0.5) is 0 Å². The molecule has 2 aromatic rings. The van der Waals surface area contributed by atoms with E-state index in [0.29, 0.717) is 26.2 Å². The first-order chi connectivity index (χ1) is 13.4. The standard InChI is InChI=1S/C21H27N3O3S/c1-28(26,27)24-14-12-23(13-15-24)21(25)17-22-20(19-10-6-3-7-11-19)16-18-8-4-2-5-9-18/h2-11,20,22H,12-17H2,1H3. The smallest absolute Gasteiger partial charge is 0.236 e. The minimum Gasteiger partial charge on any atom is -0.339 e. The Hall–Kier alpha value is -2.22. The van der Waals surface area contributed by atoms with Crippen LogP contribution in [0.15, 0.2) is 60.7 Å². The lowest BCUT2D eigenvalue weighted by Gasteiger charge is -2.33. The van der Waals surface area contributed by atoms with Crippen LogP contribution in [0.1, 0.15) is 17.2 Å². The monoisotopic (exact) mass is 401 g/mol. The van der Waals surface area contributed by atoms with E-state index < -0.39 is 10.0 Å². The molecular weight excluding hydrogens is 374 g/mol. The Labute approximate surface area is 167 Å². The fraction of sp³-hybridized carbons (Fsp3) is 0.381. The van der Waals surface area contributed by atoms with Crippen LogP contribution in [0, 0.1) is 0 Å². The highest BCUT2D eigenvalue weighted by molar-refractivity contribution is 7.88.